The van der Waals surface area contributed by atoms with Crippen molar-refractivity contribution in [2.24, 2.45) is 0 Å². The second-order valence-corrected chi connectivity index (χ2v) is 6.86. The van der Waals surface area contributed by atoms with E-state index in [-0.39, 0.29) is 17.4 Å². The van der Waals surface area contributed by atoms with Crippen molar-refractivity contribution >= 4 is 40.5 Å². The number of nitrogen functional groups attached to an aromatic ring is 1. The Morgan fingerprint density at radius 3 is 2.45 bits per heavy atom. The molecule has 0 unspecified atom stereocenters. The number of nitrogens with two attached hydrogens (primary N) is 1. The number of benzene rings is 3. The first-order valence-electron chi connectivity index (χ1n) is 8.91. The van der Waals surface area contributed by atoms with Crippen LogP contribution in [0.4, 0.5) is 21.5 Å². The lowest BCUT2D eigenvalue weighted by atomic mass is 10.1. The van der Waals surface area contributed by atoms with Gasteiger partial charge in [0.25, 0.3) is 5.91 Å². The van der Waals surface area contributed by atoms with E-state index in [4.69, 9.17) is 17.3 Å². The summed E-state index contributed by atoms with van der Waals surface area (Å²) in [5.41, 5.74) is 8.60. The molecule has 0 fully saturated rings. The Labute approximate surface area is 172 Å². The van der Waals surface area contributed by atoms with E-state index in [1.165, 1.54) is 18.2 Å². The lowest BCUT2D eigenvalue weighted by Gasteiger charge is -2.09. The third-order valence-corrected chi connectivity index (χ3v) is 4.47. The Hall–Kier alpha value is -3.38. The third-order valence-electron chi connectivity index (χ3n) is 4.18. The lowest BCUT2D eigenvalue weighted by Crippen LogP contribution is -2.15. The van der Waals surface area contributed by atoms with E-state index in [0.717, 1.165) is 5.56 Å². The molecule has 7 heteroatoms. The molecule has 0 bridgehead atoms. The number of nitrogens with one attached hydrogen (secondary N) is 2. The van der Waals surface area contributed by atoms with Gasteiger partial charge in [-0.2, -0.15) is 0 Å². The normalized spacial score (nSPS) is 10.4. The van der Waals surface area contributed by atoms with Crippen LogP contribution >= 0.6 is 11.6 Å². The summed E-state index contributed by atoms with van der Waals surface area (Å²) in [5, 5.41) is 5.35. The van der Waals surface area contributed by atoms with Gasteiger partial charge in [-0.1, -0.05) is 29.8 Å². The minimum atomic E-state index is -0.562. The Kier molecular flexibility index (Phi) is 6.46. The van der Waals surface area contributed by atoms with E-state index in [1.807, 2.05) is 18.2 Å². The molecule has 0 spiro atoms. The van der Waals surface area contributed by atoms with Gasteiger partial charge in [0.2, 0.25) is 5.91 Å². The molecule has 0 saturated carbocycles. The fourth-order valence-electron chi connectivity index (χ4n) is 2.75. The van der Waals surface area contributed by atoms with Crippen LogP contribution in [-0.4, -0.2) is 11.8 Å². The van der Waals surface area contributed by atoms with E-state index in [9.17, 15) is 14.0 Å². The highest BCUT2D eigenvalue weighted by molar-refractivity contribution is 6.31. The van der Waals surface area contributed by atoms with Crippen LogP contribution in [0, 0.1) is 5.82 Å². The highest BCUT2D eigenvalue weighted by Gasteiger charge is 2.10. The minimum absolute atomic E-state index is 0.0796. The molecule has 0 aliphatic heterocycles. The summed E-state index contributed by atoms with van der Waals surface area (Å²) in [5.74, 6) is -1.13. The molecule has 148 valence electrons. The van der Waals surface area contributed by atoms with Gasteiger partial charge in [0.15, 0.2) is 0 Å². The third kappa shape index (κ3) is 5.80. The quantitative estimate of drug-likeness (QED) is 0.505. The molecule has 2 amide bonds. The van der Waals surface area contributed by atoms with Gasteiger partial charge in [-0.15, -0.1) is 0 Å². The number of rotatable bonds is 6. The SMILES string of the molecule is Nc1cccc(CCC(=O)Nc2cccc(C(=O)Nc3ccc(F)c(Cl)c3)c2)c1. The first-order valence-corrected chi connectivity index (χ1v) is 9.29. The average molecular weight is 412 g/mol. The van der Waals surface area contributed by atoms with Crippen LogP contribution in [0.1, 0.15) is 22.3 Å². The number of carbonyl (C=O) groups excluding carboxylic acids is 2. The number of anilines is 3. The molecule has 0 radical (unpaired) electrons. The number of carbonyl (C=O) groups is 2. The molecule has 4 N–H and O–H groups in total. The second-order valence-electron chi connectivity index (χ2n) is 6.46. The van der Waals surface area contributed by atoms with E-state index in [0.29, 0.717) is 29.0 Å². The van der Waals surface area contributed by atoms with E-state index in [2.05, 4.69) is 10.6 Å². The zero-order valence-corrected chi connectivity index (χ0v) is 16.2. The molecular weight excluding hydrogens is 393 g/mol. The molecule has 0 aliphatic rings. The molecule has 0 heterocycles. The molecule has 0 atom stereocenters. The van der Waals surface area contributed by atoms with Crippen LogP contribution in [-0.2, 0) is 11.2 Å². The van der Waals surface area contributed by atoms with Crippen LogP contribution in [0.25, 0.3) is 0 Å². The summed E-state index contributed by atoms with van der Waals surface area (Å²) in [7, 11) is 0. The zero-order chi connectivity index (χ0) is 20.8. The van der Waals surface area contributed by atoms with Gasteiger partial charge in [-0.3, -0.25) is 9.59 Å². The minimum Gasteiger partial charge on any atom is -0.399 e. The smallest absolute Gasteiger partial charge is 0.255 e. The molecule has 5 nitrogen and oxygen atoms in total. The summed E-state index contributed by atoms with van der Waals surface area (Å²) in [6, 6.07) is 17.9. The van der Waals surface area contributed by atoms with Gasteiger partial charge in [0, 0.05) is 29.0 Å². The first kappa shape index (κ1) is 20.4. The average Bonchev–Trinajstić information content (AvgIpc) is 2.69. The molecule has 29 heavy (non-hydrogen) atoms. The van der Waals surface area contributed by atoms with Gasteiger partial charge < -0.3 is 16.4 Å². The fourth-order valence-corrected chi connectivity index (χ4v) is 2.93. The zero-order valence-electron chi connectivity index (χ0n) is 15.4. The van der Waals surface area contributed by atoms with E-state index < -0.39 is 11.7 Å². The van der Waals surface area contributed by atoms with Crippen molar-refractivity contribution in [1.82, 2.24) is 0 Å². The number of aryl methyl sites for hydroxylation is 1. The number of halogens is 2. The van der Waals surface area contributed by atoms with Gasteiger partial charge >= 0.3 is 0 Å². The van der Waals surface area contributed by atoms with E-state index >= 15 is 0 Å². The predicted octanol–water partition coefficient (Wildman–Crippen LogP) is 4.88. The van der Waals surface area contributed by atoms with Crippen LogP contribution < -0.4 is 16.4 Å². The molecule has 0 saturated heterocycles. The van der Waals surface area contributed by atoms with Crippen LogP contribution in [0.3, 0.4) is 0 Å². The maximum absolute atomic E-state index is 13.2. The molecule has 3 aromatic carbocycles. The molecule has 3 rings (SSSR count). The maximum Gasteiger partial charge on any atom is 0.255 e. The van der Waals surface area contributed by atoms with Crippen LogP contribution in [0.2, 0.25) is 5.02 Å². The number of amides is 2. The van der Waals surface area contributed by atoms with Crippen molar-refractivity contribution in [3.05, 3.63) is 88.7 Å². The lowest BCUT2D eigenvalue weighted by molar-refractivity contribution is -0.116. The number of hydrogen-bond acceptors (Lipinski definition) is 3. The van der Waals surface area contributed by atoms with Crippen LogP contribution in [0.15, 0.2) is 66.7 Å². The van der Waals surface area contributed by atoms with Crippen molar-refractivity contribution in [3.8, 4) is 0 Å². The standard InChI is InChI=1S/C22H19ClFN3O2/c23-19-13-18(8-9-20(19)24)27-22(29)15-4-2-6-17(12-15)26-21(28)10-7-14-3-1-5-16(25)11-14/h1-6,8-9,11-13H,7,10,25H2,(H,26,28)(H,27,29). The van der Waals surface area contributed by atoms with Crippen LogP contribution in [0.5, 0.6) is 0 Å². The molecular formula is C22H19ClFN3O2. The Morgan fingerprint density at radius 2 is 1.69 bits per heavy atom. The largest absolute Gasteiger partial charge is 0.399 e. The summed E-state index contributed by atoms with van der Waals surface area (Å²) in [6.07, 6.45) is 0.844. The van der Waals surface area contributed by atoms with Crippen molar-refractivity contribution in [2.45, 2.75) is 12.8 Å². The number of hydrogen-bond donors (Lipinski definition) is 3. The van der Waals surface area contributed by atoms with Crippen molar-refractivity contribution < 1.29 is 14.0 Å². The molecule has 0 aromatic heterocycles. The summed E-state index contributed by atoms with van der Waals surface area (Å²) < 4.78 is 13.2. The molecule has 0 aliphatic carbocycles. The van der Waals surface area contributed by atoms with Crippen molar-refractivity contribution in [3.63, 3.8) is 0 Å². The second kappa shape index (κ2) is 9.21. The van der Waals surface area contributed by atoms with Gasteiger partial charge in [0.1, 0.15) is 5.82 Å². The van der Waals surface area contributed by atoms with Gasteiger partial charge in [-0.25, -0.2) is 4.39 Å². The Balaban J connectivity index is 1.60. The van der Waals surface area contributed by atoms with Crippen molar-refractivity contribution in [2.75, 3.05) is 16.4 Å². The first-order chi connectivity index (χ1) is 13.9. The highest BCUT2D eigenvalue weighted by Crippen LogP contribution is 2.20. The summed E-state index contributed by atoms with van der Waals surface area (Å²) >= 11 is 5.73. The van der Waals surface area contributed by atoms with Gasteiger partial charge in [-0.05, 0) is 60.5 Å². The summed E-state index contributed by atoms with van der Waals surface area (Å²) in [4.78, 5) is 24.6. The highest BCUT2D eigenvalue weighted by atomic mass is 35.5. The van der Waals surface area contributed by atoms with E-state index in [1.54, 1.807) is 30.3 Å². The van der Waals surface area contributed by atoms with Crippen molar-refractivity contribution in [1.29, 1.82) is 0 Å². The molecule has 3 aromatic rings. The Morgan fingerprint density at radius 1 is 0.931 bits per heavy atom. The maximum atomic E-state index is 13.2. The topological polar surface area (TPSA) is 84.2 Å². The fraction of sp³-hybridized carbons (Fsp3) is 0.0909. The van der Waals surface area contributed by atoms with Gasteiger partial charge in [0.05, 0.1) is 5.02 Å². The Bertz CT molecular complexity index is 1060. The monoisotopic (exact) mass is 411 g/mol. The summed E-state index contributed by atoms with van der Waals surface area (Å²) in [6.45, 7) is 0. The predicted molar refractivity (Wildman–Crippen MR) is 114 cm³/mol.